The number of carbonyl (C=O) groups is 2. The van der Waals surface area contributed by atoms with Crippen LogP contribution >= 0.6 is 0 Å². The van der Waals surface area contributed by atoms with Gasteiger partial charge in [-0.3, -0.25) is 4.79 Å². The van der Waals surface area contributed by atoms with E-state index in [-0.39, 0.29) is 75.2 Å². The monoisotopic (exact) mass is 1280 g/mol. The summed E-state index contributed by atoms with van der Waals surface area (Å²) in [5.74, 6) is -7.30. The van der Waals surface area contributed by atoms with Crippen LogP contribution in [0.3, 0.4) is 0 Å². The summed E-state index contributed by atoms with van der Waals surface area (Å²) < 4.78 is 43.4. The Bertz CT molecular complexity index is 2260. The Balaban J connectivity index is 1.48. The summed E-state index contributed by atoms with van der Waals surface area (Å²) in [6.07, 6.45) is -17.9. The molecule has 24 nitrogen and oxygen atoms in total. The standard InChI is InChI=1S/C65H113NO23/c1-13-16-49(85-54-30-64(12,66-39(11)68)60(79)38(10)83-54)36(8)56(75)40(14-2)20-23-45(70)35(7)50-24-18-33(5)55(74)37(9)51(87-63-59(78)58(77)57(76)53(31-67)88-63)28-47(72)34(6)46(71)26-44-27-48(73)61(80)65(82,89-44)29-52-32(4)17-22-43(84-52)25-42(69)21-19-41(15-3)62(81)86-50/h18-20,23,32,34-38,40,42-61,63,67,69-80,82H,13-17,21-22,24-31H2,1-12H3,(H,66,68)/b23-20+,33-18+,41-19+/t32-,34-,35+,36+,37-,38-,40-,42-,43+,44+,45-,46+,47+,48-,49+,50-,51+,52+,53+,54-,55+,56+,57+,58-,59-,60+,61+,63+,64-,65-/m0/s1. The number of hydrogen-bond acceptors (Lipinski definition) is 23. The normalized spacial score (nSPS) is 43.9. The fraction of sp³-hybridized carbons (Fsp3) is 0.877. The van der Waals surface area contributed by atoms with E-state index in [9.17, 15) is 81.1 Å². The van der Waals surface area contributed by atoms with Crippen molar-refractivity contribution >= 4 is 11.9 Å². The van der Waals surface area contributed by atoms with Crippen molar-refractivity contribution in [2.24, 2.45) is 35.5 Å². The lowest BCUT2D eigenvalue weighted by Crippen LogP contribution is -2.63. The van der Waals surface area contributed by atoms with E-state index in [1.165, 1.54) is 13.8 Å². The Morgan fingerprint density at radius 2 is 1.46 bits per heavy atom. The van der Waals surface area contributed by atoms with E-state index in [0.29, 0.717) is 37.7 Å². The largest absolute Gasteiger partial charge is 0.458 e. The highest BCUT2D eigenvalue weighted by Gasteiger charge is 2.52. The van der Waals surface area contributed by atoms with Gasteiger partial charge in [0, 0.05) is 80.6 Å². The molecule has 4 bridgehead atoms. The number of cyclic esters (lactones) is 1. The second-order valence-corrected chi connectivity index (χ2v) is 27.0. The van der Waals surface area contributed by atoms with Crippen molar-refractivity contribution in [2.75, 3.05) is 6.61 Å². The highest BCUT2D eigenvalue weighted by molar-refractivity contribution is 5.88. The maximum Gasteiger partial charge on any atom is 0.333 e. The number of aliphatic hydroxyl groups excluding tert-OH is 13. The molecule has 15 N–H and O–H groups in total. The van der Waals surface area contributed by atoms with Crippen molar-refractivity contribution in [3.8, 4) is 0 Å². The molecule has 5 rings (SSSR count). The minimum Gasteiger partial charge on any atom is -0.458 e. The highest BCUT2D eigenvalue weighted by atomic mass is 16.7. The van der Waals surface area contributed by atoms with Gasteiger partial charge in [-0.25, -0.2) is 4.79 Å². The number of hydrogen-bond donors (Lipinski definition) is 15. The van der Waals surface area contributed by atoms with E-state index in [1.807, 2.05) is 27.7 Å². The number of fused-ring (bicyclic) bond motifs is 4. The zero-order valence-electron chi connectivity index (χ0n) is 54.5. The number of carbonyl (C=O) groups excluding carboxylic acids is 2. The quantitative estimate of drug-likeness (QED) is 0.0731. The van der Waals surface area contributed by atoms with Crippen molar-refractivity contribution in [3.05, 3.63) is 35.5 Å². The van der Waals surface area contributed by atoms with E-state index in [2.05, 4.69) is 5.32 Å². The SMILES string of the molecule is CCC[C@@H](O[C@H]1C[C@](C)(NC(C)=O)[C@H](O)[C@H](C)O1)[C@@H](C)[C@@H](O)[C@H](/C=C/[C@H](O)[C@@H](C)[C@@H]1C/C=C(\C)[C@@H](O)[C@@H](C)[C@H](O[C@@H]2O[C@H](CO)[C@@H](O)[C@H](O)[C@@H]2O)C[C@@H](O)[C@@H](C)[C@H](O)C[C@@H]2C[C@H](O)[C@@H](O)[C@](O)(C[C@H]3O[C@H](CC[C@@H]3C)C[C@@H](O)C/C=C(\CC)C(=O)O1)O2)CC. The van der Waals surface area contributed by atoms with E-state index in [0.717, 1.165) is 0 Å². The Kier molecular flexibility index (Phi) is 30.0. The predicted octanol–water partition coefficient (Wildman–Crippen LogP) is 1.97. The van der Waals surface area contributed by atoms with E-state index in [1.54, 1.807) is 65.8 Å². The number of nitrogens with one attached hydrogen (secondary N) is 1. The summed E-state index contributed by atoms with van der Waals surface area (Å²) in [6, 6.07) is 0. The number of amides is 1. The third-order valence-corrected chi connectivity index (χ3v) is 19.9. The van der Waals surface area contributed by atoms with Crippen molar-refractivity contribution in [1.82, 2.24) is 5.32 Å². The first kappa shape index (κ1) is 77.1. The molecule has 89 heavy (non-hydrogen) atoms. The molecule has 516 valence electrons. The summed E-state index contributed by atoms with van der Waals surface area (Å²) >= 11 is 0. The van der Waals surface area contributed by atoms with Gasteiger partial charge in [0.15, 0.2) is 18.4 Å². The van der Waals surface area contributed by atoms with E-state index >= 15 is 0 Å². The van der Waals surface area contributed by atoms with Gasteiger partial charge in [0.2, 0.25) is 5.91 Å². The van der Waals surface area contributed by atoms with Crippen molar-refractivity contribution < 1.29 is 114 Å². The molecule has 0 spiro atoms. The number of aliphatic hydroxyl groups is 14. The minimum absolute atomic E-state index is 0.0319. The average molecular weight is 1280 g/mol. The van der Waals surface area contributed by atoms with Crippen molar-refractivity contribution in [1.29, 1.82) is 0 Å². The molecule has 24 heteroatoms. The first-order valence-electron chi connectivity index (χ1n) is 32.7. The smallest absolute Gasteiger partial charge is 0.333 e. The van der Waals surface area contributed by atoms with Crippen LogP contribution in [-0.4, -0.2) is 236 Å². The summed E-state index contributed by atoms with van der Waals surface area (Å²) in [4.78, 5) is 26.5. The molecule has 0 aliphatic carbocycles. The Morgan fingerprint density at radius 3 is 2.09 bits per heavy atom. The molecule has 0 aromatic rings. The number of esters is 1. The van der Waals surface area contributed by atoms with Gasteiger partial charge in [-0.05, 0) is 77.2 Å². The van der Waals surface area contributed by atoms with Crippen LogP contribution < -0.4 is 5.32 Å². The summed E-state index contributed by atoms with van der Waals surface area (Å²) in [6.45, 7) is 19.9. The fourth-order valence-corrected chi connectivity index (χ4v) is 13.5. The Morgan fingerprint density at radius 1 is 0.798 bits per heavy atom. The van der Waals surface area contributed by atoms with Gasteiger partial charge in [-0.15, -0.1) is 0 Å². The molecule has 0 saturated carbocycles. The lowest BCUT2D eigenvalue weighted by Gasteiger charge is -2.47. The molecule has 0 aromatic heterocycles. The highest BCUT2D eigenvalue weighted by Crippen LogP contribution is 2.41. The van der Waals surface area contributed by atoms with Gasteiger partial charge in [0.1, 0.15) is 42.7 Å². The summed E-state index contributed by atoms with van der Waals surface area (Å²) in [5.41, 5.74) is -0.477. The van der Waals surface area contributed by atoms with E-state index < -0.39 is 188 Å². The fourth-order valence-electron chi connectivity index (χ4n) is 13.5. The molecule has 30 atom stereocenters. The van der Waals surface area contributed by atoms with Crippen LogP contribution in [0.5, 0.6) is 0 Å². The number of ether oxygens (including phenoxy) is 7. The minimum atomic E-state index is -2.33. The Hall–Kier alpha value is -2.64. The molecule has 5 heterocycles. The Labute approximate surface area is 526 Å². The van der Waals surface area contributed by atoms with Crippen molar-refractivity contribution in [3.63, 3.8) is 0 Å². The molecular weight excluding hydrogens is 1160 g/mol. The average Bonchev–Trinajstić information content (AvgIpc) is 1.54. The predicted molar refractivity (Wildman–Crippen MR) is 324 cm³/mol. The summed E-state index contributed by atoms with van der Waals surface area (Å²) in [5, 5.41) is 162. The van der Waals surface area contributed by atoms with Crippen molar-refractivity contribution in [2.45, 2.75) is 319 Å². The number of rotatable bonds is 17. The first-order valence-corrected chi connectivity index (χ1v) is 32.7. The van der Waals surface area contributed by atoms with Gasteiger partial charge in [-0.2, -0.15) is 0 Å². The van der Waals surface area contributed by atoms with Crippen LogP contribution in [-0.2, 0) is 42.7 Å². The van der Waals surface area contributed by atoms with Crippen LogP contribution in [0, 0.1) is 35.5 Å². The third kappa shape index (κ3) is 20.4. The topological polar surface area (TPSA) is 394 Å². The van der Waals surface area contributed by atoms with Crippen LogP contribution in [0.15, 0.2) is 35.5 Å². The molecule has 0 radical (unpaired) electrons. The maximum atomic E-state index is 14.3. The second kappa shape index (κ2) is 34.7. The zero-order valence-corrected chi connectivity index (χ0v) is 54.5. The molecule has 4 saturated heterocycles. The van der Waals surface area contributed by atoms with Crippen LogP contribution in [0.1, 0.15) is 173 Å². The molecule has 1 amide bonds. The van der Waals surface area contributed by atoms with Crippen LogP contribution in [0.4, 0.5) is 0 Å². The molecular formula is C65H113NO23. The first-order chi connectivity index (χ1) is 41.7. The van der Waals surface area contributed by atoms with Gasteiger partial charge in [0.25, 0.3) is 0 Å². The van der Waals surface area contributed by atoms with Gasteiger partial charge < -0.3 is 110 Å². The lowest BCUT2D eigenvalue weighted by atomic mass is 9.82. The lowest BCUT2D eigenvalue weighted by molar-refractivity contribution is -0.338. The van der Waals surface area contributed by atoms with Gasteiger partial charge in [0.05, 0.1) is 91.5 Å². The summed E-state index contributed by atoms with van der Waals surface area (Å²) in [7, 11) is 0. The molecule has 5 aliphatic rings. The van der Waals surface area contributed by atoms with E-state index in [4.69, 9.17) is 33.2 Å². The molecule has 4 fully saturated rings. The molecule has 0 aromatic carbocycles. The van der Waals surface area contributed by atoms with Crippen LogP contribution in [0.2, 0.25) is 0 Å². The van der Waals surface area contributed by atoms with Gasteiger partial charge >= 0.3 is 5.97 Å². The third-order valence-electron chi connectivity index (χ3n) is 19.9. The molecule has 5 aliphatic heterocycles. The van der Waals surface area contributed by atoms with Gasteiger partial charge in [-0.1, -0.05) is 86.1 Å². The second-order valence-electron chi connectivity index (χ2n) is 27.0. The maximum absolute atomic E-state index is 14.3. The van der Waals surface area contributed by atoms with Crippen LogP contribution in [0.25, 0.3) is 0 Å². The molecule has 0 unspecified atom stereocenters. The zero-order chi connectivity index (χ0) is 66.6.